The molecule has 0 saturated carbocycles. The molecule has 0 N–H and O–H groups in total. The molecule has 3 heterocycles. The lowest BCUT2D eigenvalue weighted by Crippen LogP contribution is -2.39. The van der Waals surface area contributed by atoms with E-state index in [1.165, 1.54) is 20.5 Å². The Hall–Kier alpha value is -3.77. The number of rotatable bonds is 5. The van der Waals surface area contributed by atoms with Gasteiger partial charge in [0, 0.05) is 25.7 Å². The fourth-order valence-corrected chi connectivity index (χ4v) is 4.49. The van der Waals surface area contributed by atoms with Crippen LogP contribution in [0.3, 0.4) is 0 Å². The van der Waals surface area contributed by atoms with E-state index in [-0.39, 0.29) is 11.2 Å². The molecule has 0 unspecified atom stereocenters. The van der Waals surface area contributed by atoms with Gasteiger partial charge in [0.15, 0.2) is 11.2 Å². The minimum Gasteiger partial charge on any atom is -0.322 e. The van der Waals surface area contributed by atoms with Gasteiger partial charge in [-0.2, -0.15) is 5.26 Å². The highest BCUT2D eigenvalue weighted by atomic mass is 32.1. The van der Waals surface area contributed by atoms with Gasteiger partial charge in [0.2, 0.25) is 0 Å². The number of thiazole rings is 1. The number of aromatic nitrogens is 5. The Morgan fingerprint density at radius 1 is 1.06 bits per heavy atom. The van der Waals surface area contributed by atoms with Crippen molar-refractivity contribution in [2.45, 2.75) is 33.9 Å². The molecule has 3 aromatic heterocycles. The van der Waals surface area contributed by atoms with E-state index in [0.717, 1.165) is 21.8 Å². The largest absolute Gasteiger partial charge is 0.332 e. The van der Waals surface area contributed by atoms with Crippen LogP contribution in [0.25, 0.3) is 33.9 Å². The van der Waals surface area contributed by atoms with Gasteiger partial charge in [-0.05, 0) is 32.4 Å². The lowest BCUT2D eigenvalue weighted by atomic mass is 10.1. The third kappa shape index (κ3) is 3.48. The second-order valence-corrected chi connectivity index (χ2v) is 8.28. The van der Waals surface area contributed by atoms with Crippen LogP contribution in [0.2, 0.25) is 0 Å². The zero-order valence-electron chi connectivity index (χ0n) is 18.3. The zero-order chi connectivity index (χ0) is 23.0. The first kappa shape index (κ1) is 21.5. The average Bonchev–Trinajstić information content (AvgIpc) is 3.33. The average molecular weight is 447 g/mol. The second-order valence-electron chi connectivity index (χ2n) is 7.28. The highest BCUT2D eigenvalue weighted by molar-refractivity contribution is 7.15. The predicted octanol–water partition coefficient (Wildman–Crippen LogP) is 3.41. The standard InChI is InChI=1S/C23H22N6O2S/c1-5-28-20-19(22(30)29(6-2)23(28)31)27(4)18(26-20)12-9-15-7-10-16(11-8-15)21-25-14(3)17(13-24)32-21/h7-12H,5-6H2,1-4H3/b12-9+. The highest BCUT2D eigenvalue weighted by Crippen LogP contribution is 2.27. The number of nitriles is 1. The van der Waals surface area contributed by atoms with Gasteiger partial charge < -0.3 is 4.57 Å². The van der Waals surface area contributed by atoms with E-state index in [0.29, 0.717) is 35.0 Å². The summed E-state index contributed by atoms with van der Waals surface area (Å²) in [5.74, 6) is 0.589. The normalized spacial score (nSPS) is 11.5. The van der Waals surface area contributed by atoms with Crippen LogP contribution in [0, 0.1) is 18.3 Å². The van der Waals surface area contributed by atoms with E-state index >= 15 is 0 Å². The number of hydrogen-bond donors (Lipinski definition) is 0. The molecule has 0 amide bonds. The molecule has 0 aliphatic heterocycles. The SMILES string of the molecule is CCn1c(=O)c2c(nc(/C=C/c3ccc(-c4nc(C)c(C#N)s4)cc3)n2C)n(CC)c1=O. The van der Waals surface area contributed by atoms with Crippen LogP contribution in [-0.2, 0) is 20.1 Å². The molecule has 0 bridgehead atoms. The Balaban J connectivity index is 1.70. The van der Waals surface area contributed by atoms with Crippen molar-refractivity contribution in [3.63, 3.8) is 0 Å². The van der Waals surface area contributed by atoms with Gasteiger partial charge in [0.05, 0.1) is 5.69 Å². The maximum Gasteiger partial charge on any atom is 0.332 e. The van der Waals surface area contributed by atoms with Crippen LogP contribution in [0.5, 0.6) is 0 Å². The Bertz CT molecular complexity index is 1510. The number of aryl methyl sites for hydroxylation is 3. The molecular formula is C23H22N6O2S. The van der Waals surface area contributed by atoms with Crippen molar-refractivity contribution in [3.8, 4) is 16.6 Å². The first-order valence-electron chi connectivity index (χ1n) is 10.3. The van der Waals surface area contributed by atoms with Crippen molar-refractivity contribution in [2.24, 2.45) is 7.05 Å². The Kier molecular flexibility index (Phi) is 5.63. The third-order valence-corrected chi connectivity index (χ3v) is 6.50. The fraction of sp³-hybridized carbons (Fsp3) is 0.261. The first-order valence-corrected chi connectivity index (χ1v) is 11.1. The van der Waals surface area contributed by atoms with Crippen molar-refractivity contribution >= 4 is 34.7 Å². The minimum atomic E-state index is -0.339. The van der Waals surface area contributed by atoms with Crippen LogP contribution < -0.4 is 11.2 Å². The fourth-order valence-electron chi connectivity index (χ4n) is 3.62. The number of imidazole rings is 1. The van der Waals surface area contributed by atoms with Crippen LogP contribution in [0.15, 0.2) is 33.9 Å². The van der Waals surface area contributed by atoms with Gasteiger partial charge in [-0.25, -0.2) is 14.8 Å². The molecule has 1 aromatic carbocycles. The van der Waals surface area contributed by atoms with E-state index in [2.05, 4.69) is 16.0 Å². The molecule has 0 aliphatic rings. The summed E-state index contributed by atoms with van der Waals surface area (Å²) in [7, 11) is 1.78. The van der Waals surface area contributed by atoms with Crippen molar-refractivity contribution in [3.05, 3.63) is 67.1 Å². The Labute approximate surface area is 188 Å². The van der Waals surface area contributed by atoms with Gasteiger partial charge in [-0.3, -0.25) is 13.9 Å². The summed E-state index contributed by atoms with van der Waals surface area (Å²) in [4.78, 5) is 35.1. The van der Waals surface area contributed by atoms with E-state index < -0.39 is 0 Å². The van der Waals surface area contributed by atoms with Gasteiger partial charge in [0.1, 0.15) is 21.8 Å². The van der Waals surface area contributed by atoms with Crippen molar-refractivity contribution in [2.75, 3.05) is 0 Å². The maximum atomic E-state index is 12.8. The monoisotopic (exact) mass is 446 g/mol. The summed E-state index contributed by atoms with van der Waals surface area (Å²) >= 11 is 1.38. The number of nitrogens with zero attached hydrogens (tertiary/aromatic N) is 6. The van der Waals surface area contributed by atoms with Crippen LogP contribution in [0.1, 0.15) is 35.8 Å². The molecule has 0 aliphatic carbocycles. The van der Waals surface area contributed by atoms with Crippen molar-refractivity contribution in [1.82, 2.24) is 23.7 Å². The molecular weight excluding hydrogens is 424 g/mol. The summed E-state index contributed by atoms with van der Waals surface area (Å²) in [5, 5.41) is 9.95. The molecule has 9 heteroatoms. The van der Waals surface area contributed by atoms with E-state index in [1.807, 2.05) is 50.3 Å². The molecule has 162 valence electrons. The van der Waals surface area contributed by atoms with Crippen molar-refractivity contribution in [1.29, 1.82) is 5.26 Å². The van der Waals surface area contributed by atoms with Crippen LogP contribution >= 0.6 is 11.3 Å². The van der Waals surface area contributed by atoms with E-state index in [4.69, 9.17) is 5.26 Å². The zero-order valence-corrected chi connectivity index (χ0v) is 19.1. The van der Waals surface area contributed by atoms with Crippen LogP contribution in [0.4, 0.5) is 0 Å². The number of hydrogen-bond acceptors (Lipinski definition) is 6. The molecule has 0 radical (unpaired) electrons. The number of fused-ring (bicyclic) bond motifs is 1. The summed E-state index contributed by atoms with van der Waals surface area (Å²) in [6, 6.07) is 10.0. The molecule has 0 saturated heterocycles. The first-order chi connectivity index (χ1) is 15.4. The molecule has 0 spiro atoms. The Morgan fingerprint density at radius 3 is 2.34 bits per heavy atom. The molecule has 4 aromatic rings. The minimum absolute atomic E-state index is 0.310. The Morgan fingerprint density at radius 2 is 1.75 bits per heavy atom. The molecule has 4 rings (SSSR count). The smallest absolute Gasteiger partial charge is 0.322 e. The quantitative estimate of drug-likeness (QED) is 0.468. The molecule has 0 atom stereocenters. The van der Waals surface area contributed by atoms with Gasteiger partial charge >= 0.3 is 5.69 Å². The van der Waals surface area contributed by atoms with Gasteiger partial charge in [0.25, 0.3) is 5.56 Å². The van der Waals surface area contributed by atoms with Gasteiger partial charge in [-0.1, -0.05) is 30.3 Å². The second kappa shape index (κ2) is 8.40. The summed E-state index contributed by atoms with van der Waals surface area (Å²) < 4.78 is 4.48. The van der Waals surface area contributed by atoms with Crippen molar-refractivity contribution < 1.29 is 0 Å². The summed E-state index contributed by atoms with van der Waals surface area (Å²) in [5.41, 5.74) is 2.79. The molecule has 32 heavy (non-hydrogen) atoms. The highest BCUT2D eigenvalue weighted by Gasteiger charge is 2.17. The van der Waals surface area contributed by atoms with E-state index in [1.54, 1.807) is 18.5 Å². The number of benzene rings is 1. The maximum absolute atomic E-state index is 12.8. The lowest BCUT2D eigenvalue weighted by Gasteiger charge is -2.08. The predicted molar refractivity (Wildman–Crippen MR) is 127 cm³/mol. The van der Waals surface area contributed by atoms with E-state index in [9.17, 15) is 9.59 Å². The topological polar surface area (TPSA) is 98.5 Å². The third-order valence-electron chi connectivity index (χ3n) is 5.39. The molecule has 0 fully saturated rings. The molecule has 8 nitrogen and oxygen atoms in total. The summed E-state index contributed by atoms with van der Waals surface area (Å²) in [6.07, 6.45) is 3.74. The van der Waals surface area contributed by atoms with Crippen LogP contribution in [-0.4, -0.2) is 23.7 Å². The summed E-state index contributed by atoms with van der Waals surface area (Å²) in [6.45, 7) is 6.22. The lowest BCUT2D eigenvalue weighted by molar-refractivity contribution is 0.604. The van der Waals surface area contributed by atoms with Gasteiger partial charge in [-0.15, -0.1) is 11.3 Å².